The van der Waals surface area contributed by atoms with E-state index in [-0.39, 0.29) is 0 Å². The average molecular weight is 253 g/mol. The van der Waals surface area contributed by atoms with Gasteiger partial charge in [-0.05, 0) is 20.3 Å². The number of halogens is 1. The summed E-state index contributed by atoms with van der Waals surface area (Å²) in [6.45, 7) is 6.17. The van der Waals surface area contributed by atoms with Gasteiger partial charge in [0.1, 0.15) is 5.82 Å². The van der Waals surface area contributed by atoms with Crippen LogP contribution in [0.2, 0.25) is 5.15 Å². The number of hydrogen-bond acceptors (Lipinski definition) is 3. The lowest BCUT2D eigenvalue weighted by Gasteiger charge is -2.06. The van der Waals surface area contributed by atoms with Crippen LogP contribution in [0.15, 0.2) is 0 Å². The lowest BCUT2D eigenvalue weighted by atomic mass is 10.2. The SMILES string of the molecule is CCCCCc1nnc2c(Cl)nc(C)c(C)n12. The fraction of sp³-hybridized carbons (Fsp3) is 0.583. The normalized spacial score (nSPS) is 11.3. The summed E-state index contributed by atoms with van der Waals surface area (Å²) in [5, 5.41) is 8.77. The van der Waals surface area contributed by atoms with Crippen LogP contribution in [-0.4, -0.2) is 19.6 Å². The highest BCUT2D eigenvalue weighted by Gasteiger charge is 2.13. The minimum atomic E-state index is 0.433. The first-order valence-electron chi connectivity index (χ1n) is 6.01. The van der Waals surface area contributed by atoms with E-state index in [2.05, 4.69) is 22.1 Å². The molecule has 0 spiro atoms. The second-order valence-corrected chi connectivity index (χ2v) is 4.66. The largest absolute Gasteiger partial charge is 0.279 e. The summed E-state index contributed by atoms with van der Waals surface area (Å²) < 4.78 is 2.03. The molecule has 92 valence electrons. The number of rotatable bonds is 4. The number of aromatic nitrogens is 4. The molecule has 0 atom stereocenters. The maximum atomic E-state index is 6.07. The van der Waals surface area contributed by atoms with Crippen LogP contribution in [0.5, 0.6) is 0 Å². The van der Waals surface area contributed by atoms with Gasteiger partial charge in [0.25, 0.3) is 0 Å². The lowest BCUT2D eigenvalue weighted by molar-refractivity contribution is 0.685. The van der Waals surface area contributed by atoms with Gasteiger partial charge in [-0.25, -0.2) is 4.98 Å². The van der Waals surface area contributed by atoms with E-state index in [0.717, 1.165) is 30.1 Å². The van der Waals surface area contributed by atoms with Crippen LogP contribution in [0.4, 0.5) is 0 Å². The monoisotopic (exact) mass is 252 g/mol. The van der Waals surface area contributed by atoms with Gasteiger partial charge in [0.15, 0.2) is 10.8 Å². The molecular weight excluding hydrogens is 236 g/mol. The zero-order valence-corrected chi connectivity index (χ0v) is 11.3. The molecule has 0 amide bonds. The molecule has 0 aliphatic rings. The summed E-state index contributed by atoms with van der Waals surface area (Å²) in [4.78, 5) is 4.25. The molecule has 0 aliphatic heterocycles. The molecular formula is C12H17ClN4. The summed E-state index contributed by atoms with van der Waals surface area (Å²) in [7, 11) is 0. The van der Waals surface area contributed by atoms with Crippen LogP contribution in [0.1, 0.15) is 43.4 Å². The van der Waals surface area contributed by atoms with Crippen molar-refractivity contribution < 1.29 is 0 Å². The maximum absolute atomic E-state index is 6.07. The van der Waals surface area contributed by atoms with E-state index >= 15 is 0 Å². The van der Waals surface area contributed by atoms with Crippen molar-refractivity contribution in [2.24, 2.45) is 0 Å². The molecule has 5 heteroatoms. The minimum Gasteiger partial charge on any atom is -0.279 e. The first-order valence-corrected chi connectivity index (χ1v) is 6.39. The summed E-state index contributed by atoms with van der Waals surface area (Å²) in [6.07, 6.45) is 4.49. The van der Waals surface area contributed by atoms with Crippen LogP contribution >= 0.6 is 11.6 Å². The molecule has 0 radical (unpaired) electrons. The van der Waals surface area contributed by atoms with Crippen LogP contribution in [-0.2, 0) is 6.42 Å². The molecule has 2 aromatic heterocycles. The molecule has 0 aromatic carbocycles. The standard InChI is InChI=1S/C12H17ClN4/c1-4-5-6-7-10-15-16-12-11(13)14-8(2)9(3)17(10)12/h4-7H2,1-3H3. The van der Waals surface area contributed by atoms with Gasteiger partial charge in [0.05, 0.1) is 5.69 Å². The molecule has 0 N–H and O–H groups in total. The van der Waals surface area contributed by atoms with Crippen molar-refractivity contribution in [2.45, 2.75) is 46.5 Å². The maximum Gasteiger partial charge on any atom is 0.198 e. The van der Waals surface area contributed by atoms with Crippen LogP contribution in [0, 0.1) is 13.8 Å². The highest BCUT2D eigenvalue weighted by Crippen LogP contribution is 2.19. The van der Waals surface area contributed by atoms with Gasteiger partial charge < -0.3 is 0 Å². The summed E-state index contributed by atoms with van der Waals surface area (Å²) >= 11 is 6.07. The Hall–Kier alpha value is -1.16. The molecule has 2 heterocycles. The molecule has 0 bridgehead atoms. The lowest BCUT2D eigenvalue weighted by Crippen LogP contribution is -2.03. The van der Waals surface area contributed by atoms with Crippen LogP contribution in [0.25, 0.3) is 5.65 Å². The summed E-state index contributed by atoms with van der Waals surface area (Å²) in [5.74, 6) is 0.985. The number of aryl methyl sites for hydroxylation is 3. The topological polar surface area (TPSA) is 43.1 Å². The summed E-state index contributed by atoms with van der Waals surface area (Å²) in [5.41, 5.74) is 2.67. The number of nitrogens with zero attached hydrogens (tertiary/aromatic N) is 4. The molecule has 0 unspecified atom stereocenters. The fourth-order valence-electron chi connectivity index (χ4n) is 1.94. The van der Waals surface area contributed by atoms with E-state index < -0.39 is 0 Å². The van der Waals surface area contributed by atoms with Crippen LogP contribution < -0.4 is 0 Å². The van der Waals surface area contributed by atoms with Gasteiger partial charge in [0.2, 0.25) is 0 Å². The third kappa shape index (κ3) is 2.27. The molecule has 0 saturated heterocycles. The van der Waals surface area contributed by atoms with Crippen molar-refractivity contribution in [3.05, 3.63) is 22.4 Å². The molecule has 2 aromatic rings. The zero-order chi connectivity index (χ0) is 12.4. The Labute approximate surface area is 106 Å². The third-order valence-electron chi connectivity index (χ3n) is 3.04. The molecule has 0 fully saturated rings. The van der Waals surface area contributed by atoms with E-state index in [1.54, 1.807) is 0 Å². The number of unbranched alkanes of at least 4 members (excludes halogenated alkanes) is 2. The molecule has 17 heavy (non-hydrogen) atoms. The average Bonchev–Trinajstić information content (AvgIpc) is 2.71. The third-order valence-corrected chi connectivity index (χ3v) is 3.30. The Kier molecular flexibility index (Phi) is 3.62. The van der Waals surface area contributed by atoms with Crippen molar-refractivity contribution in [1.29, 1.82) is 0 Å². The quantitative estimate of drug-likeness (QED) is 0.786. The zero-order valence-electron chi connectivity index (χ0n) is 10.5. The number of hydrogen-bond donors (Lipinski definition) is 0. The van der Waals surface area contributed by atoms with E-state index in [4.69, 9.17) is 11.6 Å². The van der Waals surface area contributed by atoms with E-state index in [9.17, 15) is 0 Å². The van der Waals surface area contributed by atoms with Gasteiger partial charge >= 0.3 is 0 Å². The fourth-order valence-corrected chi connectivity index (χ4v) is 2.19. The van der Waals surface area contributed by atoms with Gasteiger partial charge in [0, 0.05) is 12.1 Å². The molecule has 0 aliphatic carbocycles. The van der Waals surface area contributed by atoms with E-state index in [0.29, 0.717) is 10.8 Å². The Bertz CT molecular complexity index is 533. The highest BCUT2D eigenvalue weighted by molar-refractivity contribution is 6.32. The minimum absolute atomic E-state index is 0.433. The van der Waals surface area contributed by atoms with Crippen molar-refractivity contribution in [3.63, 3.8) is 0 Å². The van der Waals surface area contributed by atoms with Crippen molar-refractivity contribution >= 4 is 17.2 Å². The second kappa shape index (κ2) is 5.00. The highest BCUT2D eigenvalue weighted by atomic mass is 35.5. The predicted octanol–water partition coefficient (Wildman–Crippen LogP) is 3.13. The van der Waals surface area contributed by atoms with Crippen molar-refractivity contribution in [3.8, 4) is 0 Å². The summed E-state index contributed by atoms with van der Waals surface area (Å²) in [6, 6.07) is 0. The van der Waals surface area contributed by atoms with Gasteiger partial charge in [-0.3, -0.25) is 4.40 Å². The Balaban J connectivity index is 2.44. The Morgan fingerprint density at radius 2 is 1.94 bits per heavy atom. The first-order chi connectivity index (χ1) is 8.15. The van der Waals surface area contributed by atoms with E-state index in [1.807, 2.05) is 18.2 Å². The molecule has 4 nitrogen and oxygen atoms in total. The van der Waals surface area contributed by atoms with Gasteiger partial charge in [-0.2, -0.15) is 0 Å². The smallest absolute Gasteiger partial charge is 0.198 e. The van der Waals surface area contributed by atoms with Crippen molar-refractivity contribution in [1.82, 2.24) is 19.6 Å². The first kappa shape index (κ1) is 12.3. The van der Waals surface area contributed by atoms with Crippen LogP contribution in [0.3, 0.4) is 0 Å². The second-order valence-electron chi connectivity index (χ2n) is 4.31. The van der Waals surface area contributed by atoms with Crippen molar-refractivity contribution in [2.75, 3.05) is 0 Å². The predicted molar refractivity (Wildman–Crippen MR) is 68.5 cm³/mol. The number of fused-ring (bicyclic) bond motifs is 1. The van der Waals surface area contributed by atoms with E-state index in [1.165, 1.54) is 12.8 Å². The Morgan fingerprint density at radius 3 is 2.65 bits per heavy atom. The van der Waals surface area contributed by atoms with Gasteiger partial charge in [-0.1, -0.05) is 31.4 Å². The molecule has 0 saturated carbocycles. The Morgan fingerprint density at radius 1 is 1.18 bits per heavy atom. The van der Waals surface area contributed by atoms with Gasteiger partial charge in [-0.15, -0.1) is 10.2 Å². The molecule has 2 rings (SSSR count).